The summed E-state index contributed by atoms with van der Waals surface area (Å²) in [5.74, 6) is -1.27. The number of hydrogen-bond donors (Lipinski definition) is 2. The predicted molar refractivity (Wildman–Crippen MR) is 72.6 cm³/mol. The van der Waals surface area contributed by atoms with Crippen LogP contribution in [-0.4, -0.2) is 28.1 Å². The fourth-order valence-electron chi connectivity index (χ4n) is 2.56. The first-order chi connectivity index (χ1) is 9.44. The van der Waals surface area contributed by atoms with Gasteiger partial charge in [0.25, 0.3) is 11.5 Å². The SMILES string of the molecule is Cn1ccc(C(=O)NCC2(C(=O)O)CCCC2)cc1=O. The molecule has 2 N–H and O–H groups in total. The van der Waals surface area contributed by atoms with E-state index in [1.165, 1.54) is 16.8 Å². The minimum atomic E-state index is -0.862. The van der Waals surface area contributed by atoms with Gasteiger partial charge < -0.3 is 15.0 Å². The van der Waals surface area contributed by atoms with Gasteiger partial charge in [-0.3, -0.25) is 14.4 Å². The van der Waals surface area contributed by atoms with Crippen LogP contribution in [0.5, 0.6) is 0 Å². The Morgan fingerprint density at radius 1 is 1.40 bits per heavy atom. The third kappa shape index (κ3) is 2.74. The summed E-state index contributed by atoms with van der Waals surface area (Å²) in [6.45, 7) is 0.108. The van der Waals surface area contributed by atoms with Crippen molar-refractivity contribution >= 4 is 11.9 Å². The Bertz CT molecular complexity index is 585. The number of carbonyl (C=O) groups excluding carboxylic acids is 1. The van der Waals surface area contributed by atoms with Gasteiger partial charge in [0.15, 0.2) is 0 Å². The van der Waals surface area contributed by atoms with Gasteiger partial charge in [-0.15, -0.1) is 0 Å². The molecule has 1 saturated carbocycles. The van der Waals surface area contributed by atoms with Gasteiger partial charge in [-0.1, -0.05) is 12.8 Å². The third-order valence-corrected chi connectivity index (χ3v) is 3.97. The molecule has 1 aliphatic carbocycles. The molecule has 0 bridgehead atoms. The fraction of sp³-hybridized carbons (Fsp3) is 0.500. The fourth-order valence-corrected chi connectivity index (χ4v) is 2.56. The Kier molecular flexibility index (Phi) is 3.92. The van der Waals surface area contributed by atoms with Crippen LogP contribution in [0.1, 0.15) is 36.0 Å². The minimum Gasteiger partial charge on any atom is -0.481 e. The number of nitrogens with one attached hydrogen (secondary N) is 1. The number of carboxylic acids is 1. The number of aromatic nitrogens is 1. The maximum atomic E-state index is 12.0. The second kappa shape index (κ2) is 5.48. The van der Waals surface area contributed by atoms with Gasteiger partial charge in [-0.2, -0.15) is 0 Å². The van der Waals surface area contributed by atoms with E-state index in [-0.39, 0.29) is 17.7 Å². The lowest BCUT2D eigenvalue weighted by Gasteiger charge is -2.23. The van der Waals surface area contributed by atoms with Gasteiger partial charge in [-0.25, -0.2) is 0 Å². The van der Waals surface area contributed by atoms with Crippen molar-refractivity contribution in [3.63, 3.8) is 0 Å². The van der Waals surface area contributed by atoms with Crippen molar-refractivity contribution in [3.05, 3.63) is 34.2 Å². The van der Waals surface area contributed by atoms with E-state index in [4.69, 9.17) is 0 Å². The number of carbonyl (C=O) groups is 2. The smallest absolute Gasteiger partial charge is 0.311 e. The monoisotopic (exact) mass is 278 g/mol. The number of hydrogen-bond acceptors (Lipinski definition) is 3. The van der Waals surface area contributed by atoms with Crippen LogP contribution in [0.4, 0.5) is 0 Å². The van der Waals surface area contributed by atoms with Crippen molar-refractivity contribution in [2.45, 2.75) is 25.7 Å². The number of pyridine rings is 1. The Hall–Kier alpha value is -2.11. The van der Waals surface area contributed by atoms with Gasteiger partial charge >= 0.3 is 5.97 Å². The number of rotatable bonds is 4. The lowest BCUT2D eigenvalue weighted by molar-refractivity contribution is -0.148. The number of amides is 1. The zero-order valence-electron chi connectivity index (χ0n) is 11.4. The van der Waals surface area contributed by atoms with E-state index in [0.717, 1.165) is 12.8 Å². The standard InChI is InChI=1S/C14H18N2O4/c1-16-7-4-10(8-11(16)17)12(18)15-9-14(13(19)20)5-2-3-6-14/h4,7-8H,2-3,5-6,9H2,1H3,(H,15,18)(H,19,20). The second-order valence-electron chi connectivity index (χ2n) is 5.34. The van der Waals surface area contributed by atoms with Crippen molar-refractivity contribution in [1.82, 2.24) is 9.88 Å². The van der Waals surface area contributed by atoms with E-state index >= 15 is 0 Å². The minimum absolute atomic E-state index is 0.108. The Labute approximate surface area is 116 Å². The van der Waals surface area contributed by atoms with Crippen LogP contribution in [0.3, 0.4) is 0 Å². The molecule has 6 nitrogen and oxygen atoms in total. The van der Waals surface area contributed by atoms with Crippen molar-refractivity contribution < 1.29 is 14.7 Å². The normalized spacial score (nSPS) is 16.9. The first-order valence-electron chi connectivity index (χ1n) is 6.63. The van der Waals surface area contributed by atoms with Crippen LogP contribution in [0, 0.1) is 5.41 Å². The summed E-state index contributed by atoms with van der Waals surface area (Å²) in [6, 6.07) is 2.79. The Morgan fingerprint density at radius 2 is 2.05 bits per heavy atom. The van der Waals surface area contributed by atoms with E-state index in [0.29, 0.717) is 12.8 Å². The zero-order valence-corrected chi connectivity index (χ0v) is 11.4. The van der Waals surface area contributed by atoms with Crippen LogP contribution < -0.4 is 10.9 Å². The third-order valence-electron chi connectivity index (χ3n) is 3.97. The zero-order chi connectivity index (χ0) is 14.8. The molecule has 0 atom stereocenters. The first-order valence-corrected chi connectivity index (χ1v) is 6.63. The maximum Gasteiger partial charge on any atom is 0.311 e. The summed E-state index contributed by atoms with van der Waals surface area (Å²) < 4.78 is 1.37. The number of nitrogens with zero attached hydrogens (tertiary/aromatic N) is 1. The molecule has 0 unspecified atom stereocenters. The van der Waals surface area contributed by atoms with Crippen molar-refractivity contribution in [3.8, 4) is 0 Å². The molecule has 108 valence electrons. The van der Waals surface area contributed by atoms with Gasteiger partial charge in [0, 0.05) is 31.4 Å². The van der Waals surface area contributed by atoms with E-state index in [1.807, 2.05) is 0 Å². The molecule has 1 aromatic heterocycles. The largest absolute Gasteiger partial charge is 0.481 e. The average Bonchev–Trinajstić information content (AvgIpc) is 2.89. The maximum absolute atomic E-state index is 12.0. The average molecular weight is 278 g/mol. The number of aliphatic carboxylic acids is 1. The lowest BCUT2D eigenvalue weighted by Crippen LogP contribution is -2.41. The molecule has 0 saturated heterocycles. The highest BCUT2D eigenvalue weighted by Gasteiger charge is 2.41. The van der Waals surface area contributed by atoms with Crippen LogP contribution in [0.25, 0.3) is 0 Å². The Morgan fingerprint density at radius 3 is 2.60 bits per heavy atom. The van der Waals surface area contributed by atoms with E-state index in [2.05, 4.69) is 5.32 Å². The molecule has 0 radical (unpaired) electrons. The van der Waals surface area contributed by atoms with E-state index in [1.54, 1.807) is 13.1 Å². The lowest BCUT2D eigenvalue weighted by atomic mass is 9.86. The van der Waals surface area contributed by atoms with Crippen LogP contribution in [-0.2, 0) is 11.8 Å². The topological polar surface area (TPSA) is 88.4 Å². The molecule has 1 amide bonds. The van der Waals surface area contributed by atoms with Crippen molar-refractivity contribution in [1.29, 1.82) is 0 Å². The first kappa shape index (κ1) is 14.3. The van der Waals surface area contributed by atoms with Crippen molar-refractivity contribution in [2.75, 3.05) is 6.54 Å². The summed E-state index contributed by atoms with van der Waals surface area (Å²) in [5, 5.41) is 12.0. The highest BCUT2D eigenvalue weighted by Crippen LogP contribution is 2.37. The summed E-state index contributed by atoms with van der Waals surface area (Å²) in [4.78, 5) is 34.8. The highest BCUT2D eigenvalue weighted by atomic mass is 16.4. The number of carboxylic acid groups (broad SMARTS) is 1. The quantitative estimate of drug-likeness (QED) is 0.851. The molecule has 1 aromatic rings. The molecule has 0 aliphatic heterocycles. The summed E-state index contributed by atoms with van der Waals surface area (Å²) >= 11 is 0. The molecule has 0 aromatic carbocycles. The molecule has 1 aliphatic rings. The highest BCUT2D eigenvalue weighted by molar-refractivity contribution is 5.94. The number of aryl methyl sites for hydroxylation is 1. The summed E-state index contributed by atoms with van der Waals surface area (Å²) in [5.41, 5.74) is -0.867. The molecule has 1 fully saturated rings. The van der Waals surface area contributed by atoms with Gasteiger partial charge in [0.2, 0.25) is 0 Å². The van der Waals surface area contributed by atoms with Crippen molar-refractivity contribution in [2.24, 2.45) is 12.5 Å². The molecule has 20 heavy (non-hydrogen) atoms. The molecule has 0 spiro atoms. The van der Waals surface area contributed by atoms with Crippen LogP contribution in [0.15, 0.2) is 23.1 Å². The molecular weight excluding hydrogens is 260 g/mol. The van der Waals surface area contributed by atoms with E-state index < -0.39 is 17.3 Å². The van der Waals surface area contributed by atoms with Gasteiger partial charge in [-0.05, 0) is 18.9 Å². The second-order valence-corrected chi connectivity index (χ2v) is 5.34. The van der Waals surface area contributed by atoms with Gasteiger partial charge in [0.05, 0.1) is 5.41 Å². The summed E-state index contributed by atoms with van der Waals surface area (Å²) in [7, 11) is 1.60. The molecule has 1 heterocycles. The van der Waals surface area contributed by atoms with E-state index in [9.17, 15) is 19.5 Å². The Balaban J connectivity index is 2.06. The van der Waals surface area contributed by atoms with Crippen LogP contribution >= 0.6 is 0 Å². The molecule has 6 heteroatoms. The summed E-state index contributed by atoms with van der Waals surface area (Å²) in [6.07, 6.45) is 4.42. The molecule has 2 rings (SSSR count). The predicted octanol–water partition coefficient (Wildman–Crippen LogP) is 0.760. The van der Waals surface area contributed by atoms with Crippen LogP contribution in [0.2, 0.25) is 0 Å². The molecular formula is C14H18N2O4. The van der Waals surface area contributed by atoms with Gasteiger partial charge in [0.1, 0.15) is 0 Å².